The summed E-state index contributed by atoms with van der Waals surface area (Å²) in [5.74, 6) is -0.0354. The number of esters is 1. The molecule has 0 aliphatic carbocycles. The topological polar surface area (TPSA) is 26.3 Å². The van der Waals surface area contributed by atoms with Gasteiger partial charge in [0.15, 0.2) is 0 Å². The fourth-order valence-corrected chi connectivity index (χ4v) is 3.77. The first-order chi connectivity index (χ1) is 16.8. The molecule has 196 valence electrons. The molecule has 0 fully saturated rings. The summed E-state index contributed by atoms with van der Waals surface area (Å²) in [4.78, 5) is 11.8. The highest BCUT2D eigenvalue weighted by atomic mass is 16.5. The Balaban J connectivity index is 3.39. The van der Waals surface area contributed by atoms with E-state index in [1.54, 1.807) is 0 Å². The van der Waals surface area contributed by atoms with Gasteiger partial charge in [0, 0.05) is 6.42 Å². The third kappa shape index (κ3) is 28.5. The number of hydrogen-bond acceptors (Lipinski definition) is 2. The summed E-state index contributed by atoms with van der Waals surface area (Å²) in [5, 5.41) is 0. The zero-order valence-electron chi connectivity index (χ0n) is 22.8. The maximum atomic E-state index is 11.8. The molecule has 0 aliphatic rings. The van der Waals surface area contributed by atoms with Crippen LogP contribution >= 0.6 is 0 Å². The Morgan fingerprint density at radius 1 is 0.500 bits per heavy atom. The molecule has 0 aromatic carbocycles. The normalized spacial score (nSPS) is 12.2. The molecule has 34 heavy (non-hydrogen) atoms. The summed E-state index contributed by atoms with van der Waals surface area (Å²) in [6.07, 6.45) is 41.4. The van der Waals surface area contributed by atoms with Crippen LogP contribution in [0.2, 0.25) is 0 Å². The predicted octanol–water partition coefficient (Wildman–Crippen LogP) is 10.6. The van der Waals surface area contributed by atoms with Crippen LogP contribution in [-0.2, 0) is 9.53 Å². The van der Waals surface area contributed by atoms with Crippen LogP contribution in [0.15, 0.2) is 48.6 Å². The molecule has 0 bridgehead atoms. The van der Waals surface area contributed by atoms with Crippen molar-refractivity contribution >= 4 is 5.97 Å². The van der Waals surface area contributed by atoms with E-state index in [9.17, 15) is 4.79 Å². The van der Waals surface area contributed by atoms with E-state index < -0.39 is 0 Å². The van der Waals surface area contributed by atoms with Crippen LogP contribution in [0, 0.1) is 0 Å². The second-order valence-corrected chi connectivity index (χ2v) is 9.38. The van der Waals surface area contributed by atoms with Crippen LogP contribution in [-0.4, -0.2) is 12.6 Å². The molecule has 0 atom stereocenters. The average Bonchev–Trinajstić information content (AvgIpc) is 2.84. The Hall–Kier alpha value is -1.57. The second-order valence-electron chi connectivity index (χ2n) is 9.38. The molecule has 2 nitrogen and oxygen atoms in total. The lowest BCUT2D eigenvalue weighted by molar-refractivity contribution is -0.143. The third-order valence-electron chi connectivity index (χ3n) is 5.97. The second kappa shape index (κ2) is 29.5. The van der Waals surface area contributed by atoms with Crippen LogP contribution in [0.5, 0.6) is 0 Å². The summed E-state index contributed by atoms with van der Waals surface area (Å²) < 4.78 is 5.36. The molecule has 0 rings (SSSR count). The molecule has 0 aliphatic heterocycles. The highest BCUT2D eigenvalue weighted by Gasteiger charge is 2.01. The molecule has 0 N–H and O–H groups in total. The van der Waals surface area contributed by atoms with Crippen molar-refractivity contribution in [3.8, 4) is 0 Å². The van der Waals surface area contributed by atoms with Crippen LogP contribution in [0.4, 0.5) is 0 Å². The number of carbonyl (C=O) groups is 1. The Morgan fingerprint density at radius 3 is 1.44 bits per heavy atom. The minimum Gasteiger partial charge on any atom is -0.466 e. The minimum absolute atomic E-state index is 0.0354. The molecule has 0 saturated carbocycles. The molecule has 0 heterocycles. The number of hydrogen-bond donors (Lipinski definition) is 0. The molecule has 0 amide bonds. The van der Waals surface area contributed by atoms with Crippen molar-refractivity contribution in [3.05, 3.63) is 48.6 Å². The van der Waals surface area contributed by atoms with E-state index in [1.165, 1.54) is 83.5 Å². The summed E-state index contributed by atoms with van der Waals surface area (Å²) in [7, 11) is 0. The lowest BCUT2D eigenvalue weighted by Gasteiger charge is -2.05. The SMILES string of the molecule is CCCCC/C=C\C/C=C\C/C=C\C/C=C\CCCC(=O)OCCCCCCCCCCCC. The highest BCUT2D eigenvalue weighted by Crippen LogP contribution is 2.10. The van der Waals surface area contributed by atoms with Gasteiger partial charge in [-0.25, -0.2) is 0 Å². The largest absolute Gasteiger partial charge is 0.466 e. The van der Waals surface area contributed by atoms with Gasteiger partial charge in [0.05, 0.1) is 6.61 Å². The van der Waals surface area contributed by atoms with Gasteiger partial charge in [0.1, 0.15) is 0 Å². The van der Waals surface area contributed by atoms with Gasteiger partial charge < -0.3 is 4.74 Å². The fraction of sp³-hybridized carbons (Fsp3) is 0.719. The van der Waals surface area contributed by atoms with E-state index in [0.29, 0.717) is 13.0 Å². The van der Waals surface area contributed by atoms with Gasteiger partial charge in [-0.1, -0.05) is 133 Å². The van der Waals surface area contributed by atoms with E-state index in [0.717, 1.165) is 38.5 Å². The third-order valence-corrected chi connectivity index (χ3v) is 5.97. The zero-order valence-corrected chi connectivity index (χ0v) is 22.8. The van der Waals surface area contributed by atoms with Crippen LogP contribution < -0.4 is 0 Å². The lowest BCUT2D eigenvalue weighted by Crippen LogP contribution is -2.05. The van der Waals surface area contributed by atoms with E-state index >= 15 is 0 Å². The first-order valence-corrected chi connectivity index (χ1v) is 14.6. The van der Waals surface area contributed by atoms with Crippen molar-refractivity contribution in [3.63, 3.8) is 0 Å². The first-order valence-electron chi connectivity index (χ1n) is 14.6. The molecule has 0 aromatic rings. The van der Waals surface area contributed by atoms with Crippen molar-refractivity contribution in [2.75, 3.05) is 6.61 Å². The van der Waals surface area contributed by atoms with Gasteiger partial charge in [-0.2, -0.15) is 0 Å². The smallest absolute Gasteiger partial charge is 0.305 e. The summed E-state index contributed by atoms with van der Waals surface area (Å²) >= 11 is 0. The Bertz CT molecular complexity index is 527. The summed E-state index contributed by atoms with van der Waals surface area (Å²) in [5.41, 5.74) is 0. The number of allylic oxidation sites excluding steroid dienone is 8. The number of carbonyl (C=O) groups excluding carboxylic acids is 1. The van der Waals surface area contributed by atoms with Crippen molar-refractivity contribution in [1.29, 1.82) is 0 Å². The van der Waals surface area contributed by atoms with Crippen LogP contribution in [0.25, 0.3) is 0 Å². The molecule has 0 unspecified atom stereocenters. The molecular formula is C32H56O2. The summed E-state index contributed by atoms with van der Waals surface area (Å²) in [6.45, 7) is 5.11. The molecule has 0 aromatic heterocycles. The number of unbranched alkanes of at least 4 members (excludes halogenated alkanes) is 13. The van der Waals surface area contributed by atoms with E-state index in [2.05, 4.69) is 62.5 Å². The quantitative estimate of drug-likeness (QED) is 0.0750. The van der Waals surface area contributed by atoms with E-state index in [1.807, 2.05) is 0 Å². The van der Waals surface area contributed by atoms with Crippen molar-refractivity contribution in [1.82, 2.24) is 0 Å². The van der Waals surface area contributed by atoms with Crippen molar-refractivity contribution in [2.45, 2.75) is 142 Å². The van der Waals surface area contributed by atoms with Gasteiger partial charge in [0.2, 0.25) is 0 Å². The standard InChI is InChI=1S/C32H56O2/c1-3-5-7-9-11-13-15-16-17-18-19-20-21-22-24-26-28-30-32(33)34-31-29-27-25-23-14-12-10-8-6-4-2/h11,13,16-17,19-20,22,24H,3-10,12,14-15,18,21,23,25-31H2,1-2H3/b13-11-,17-16-,20-19-,24-22-. The maximum Gasteiger partial charge on any atom is 0.305 e. The van der Waals surface area contributed by atoms with E-state index in [4.69, 9.17) is 4.74 Å². The lowest BCUT2D eigenvalue weighted by atomic mass is 10.1. The van der Waals surface area contributed by atoms with Gasteiger partial charge in [-0.15, -0.1) is 0 Å². The van der Waals surface area contributed by atoms with Crippen molar-refractivity contribution in [2.24, 2.45) is 0 Å². The average molecular weight is 473 g/mol. The monoisotopic (exact) mass is 472 g/mol. The van der Waals surface area contributed by atoms with E-state index in [-0.39, 0.29) is 5.97 Å². The predicted molar refractivity (Wildman–Crippen MR) is 151 cm³/mol. The molecule has 2 heteroatoms. The number of ether oxygens (including phenoxy) is 1. The van der Waals surface area contributed by atoms with Crippen LogP contribution in [0.3, 0.4) is 0 Å². The molecular weight excluding hydrogens is 416 g/mol. The van der Waals surface area contributed by atoms with Gasteiger partial charge >= 0.3 is 5.97 Å². The van der Waals surface area contributed by atoms with Gasteiger partial charge in [0.25, 0.3) is 0 Å². The number of rotatable bonds is 25. The fourth-order valence-electron chi connectivity index (χ4n) is 3.77. The zero-order chi connectivity index (χ0) is 24.8. The highest BCUT2D eigenvalue weighted by molar-refractivity contribution is 5.69. The van der Waals surface area contributed by atoms with Crippen LogP contribution in [0.1, 0.15) is 142 Å². The van der Waals surface area contributed by atoms with Gasteiger partial charge in [-0.05, 0) is 51.4 Å². The molecule has 0 radical (unpaired) electrons. The van der Waals surface area contributed by atoms with Crippen molar-refractivity contribution < 1.29 is 9.53 Å². The minimum atomic E-state index is -0.0354. The Labute approximate surface area is 213 Å². The Morgan fingerprint density at radius 2 is 0.912 bits per heavy atom. The summed E-state index contributed by atoms with van der Waals surface area (Å²) in [6, 6.07) is 0. The molecule has 0 spiro atoms. The van der Waals surface area contributed by atoms with Gasteiger partial charge in [-0.3, -0.25) is 4.79 Å². The maximum absolute atomic E-state index is 11.8. The first kappa shape index (κ1) is 32.4. The molecule has 0 saturated heterocycles. The Kier molecular flexibility index (Phi) is 28.1.